The molecule has 3 heteroatoms. The van der Waals surface area contributed by atoms with Gasteiger partial charge < -0.3 is 5.32 Å². The van der Waals surface area contributed by atoms with E-state index in [0.29, 0.717) is 12.3 Å². The lowest BCUT2D eigenvalue weighted by Crippen LogP contribution is -2.68. The molecular weight excluding hydrogens is 102 g/mol. The first-order valence-electron chi connectivity index (χ1n) is 3.28. The molecule has 2 unspecified atom stereocenters. The molecule has 0 radical (unpaired) electrons. The van der Waals surface area contributed by atoms with Gasteiger partial charge in [0, 0.05) is 13.1 Å². The Morgan fingerprint density at radius 2 is 1.75 bits per heavy atom. The van der Waals surface area contributed by atoms with E-state index in [9.17, 15) is 0 Å². The molecule has 2 aliphatic heterocycles. The van der Waals surface area contributed by atoms with Crippen LogP contribution >= 0.6 is 0 Å². The fourth-order valence-corrected chi connectivity index (χ4v) is 1.18. The molecule has 2 rings (SSSR count). The van der Waals surface area contributed by atoms with Gasteiger partial charge in [-0.3, -0.25) is 10.6 Å². The SMILES string of the molecule is C1CNC2[NH2+]C2NC1. The van der Waals surface area contributed by atoms with E-state index in [2.05, 4.69) is 16.0 Å². The van der Waals surface area contributed by atoms with Crippen LogP contribution in [0.1, 0.15) is 6.42 Å². The summed E-state index contributed by atoms with van der Waals surface area (Å²) in [5.74, 6) is 0. The first-order valence-corrected chi connectivity index (χ1v) is 3.28. The second-order valence-corrected chi connectivity index (χ2v) is 2.51. The predicted octanol–water partition coefficient (Wildman–Crippen LogP) is -2.20. The summed E-state index contributed by atoms with van der Waals surface area (Å²) in [6.45, 7) is 2.37. The first kappa shape index (κ1) is 4.73. The van der Waals surface area contributed by atoms with Crippen LogP contribution in [0.4, 0.5) is 0 Å². The summed E-state index contributed by atoms with van der Waals surface area (Å²) in [6, 6.07) is 0. The Hall–Kier alpha value is -0.120. The summed E-state index contributed by atoms with van der Waals surface area (Å²) < 4.78 is 0. The van der Waals surface area contributed by atoms with Crippen molar-refractivity contribution in [2.45, 2.75) is 18.8 Å². The van der Waals surface area contributed by atoms with Gasteiger partial charge in [-0.05, 0) is 6.42 Å². The largest absolute Gasteiger partial charge is 0.304 e. The Balaban J connectivity index is 1.89. The lowest BCUT2D eigenvalue weighted by atomic mass is 10.4. The molecule has 0 spiro atoms. The van der Waals surface area contributed by atoms with Gasteiger partial charge in [-0.2, -0.15) is 0 Å². The highest BCUT2D eigenvalue weighted by Crippen LogP contribution is 1.93. The van der Waals surface area contributed by atoms with Gasteiger partial charge in [-0.15, -0.1) is 0 Å². The molecule has 0 aromatic rings. The Morgan fingerprint density at radius 3 is 2.38 bits per heavy atom. The number of nitrogens with two attached hydrogens (primary N) is 1. The summed E-state index contributed by atoms with van der Waals surface area (Å²) in [4.78, 5) is 0. The second-order valence-electron chi connectivity index (χ2n) is 2.51. The molecule has 0 bridgehead atoms. The van der Waals surface area contributed by atoms with E-state index >= 15 is 0 Å². The molecular formula is C5H12N3+. The molecule has 0 aromatic heterocycles. The smallest absolute Gasteiger partial charge is 0.209 e. The quantitative estimate of drug-likeness (QED) is 0.313. The van der Waals surface area contributed by atoms with E-state index in [1.807, 2.05) is 0 Å². The normalized spacial score (nSPS) is 45.0. The molecule has 46 valence electrons. The van der Waals surface area contributed by atoms with E-state index in [1.165, 1.54) is 19.5 Å². The number of fused-ring (bicyclic) bond motifs is 1. The number of hydrogen-bond acceptors (Lipinski definition) is 2. The van der Waals surface area contributed by atoms with Crippen molar-refractivity contribution in [3.05, 3.63) is 0 Å². The van der Waals surface area contributed by atoms with Crippen molar-refractivity contribution in [3.63, 3.8) is 0 Å². The van der Waals surface area contributed by atoms with Gasteiger partial charge in [-0.25, -0.2) is 0 Å². The lowest BCUT2D eigenvalue weighted by molar-refractivity contribution is -0.523. The highest BCUT2D eigenvalue weighted by Gasteiger charge is 2.43. The maximum Gasteiger partial charge on any atom is 0.209 e. The zero-order valence-electron chi connectivity index (χ0n) is 4.85. The average Bonchev–Trinajstić information content (AvgIpc) is 2.36. The standard InChI is InChI=1S/C5H11N3/c1-2-6-4-5(8-4)7-3-1/h4-8H,1-3H2/p+1. The van der Waals surface area contributed by atoms with Crippen molar-refractivity contribution in [2.24, 2.45) is 0 Å². The maximum absolute atomic E-state index is 3.40. The Morgan fingerprint density at radius 1 is 1.12 bits per heavy atom. The van der Waals surface area contributed by atoms with E-state index in [1.54, 1.807) is 0 Å². The van der Waals surface area contributed by atoms with Crippen molar-refractivity contribution < 1.29 is 5.32 Å². The topological polar surface area (TPSA) is 40.7 Å². The summed E-state index contributed by atoms with van der Waals surface area (Å²) in [5.41, 5.74) is 0. The number of rotatable bonds is 0. The zero-order chi connectivity index (χ0) is 5.40. The third-order valence-corrected chi connectivity index (χ3v) is 1.77. The van der Waals surface area contributed by atoms with Crippen LogP contribution in [-0.4, -0.2) is 25.4 Å². The van der Waals surface area contributed by atoms with Gasteiger partial charge in [0.15, 0.2) is 0 Å². The van der Waals surface area contributed by atoms with Crippen molar-refractivity contribution >= 4 is 0 Å². The molecule has 8 heavy (non-hydrogen) atoms. The van der Waals surface area contributed by atoms with Crippen LogP contribution in [0.15, 0.2) is 0 Å². The molecule has 4 N–H and O–H groups in total. The fraction of sp³-hybridized carbons (Fsp3) is 1.00. The minimum atomic E-state index is 0.706. The summed E-state index contributed by atoms with van der Waals surface area (Å²) in [5, 5.41) is 9.11. The Labute approximate surface area is 48.8 Å². The number of quaternary nitrogens is 1. The summed E-state index contributed by atoms with van der Waals surface area (Å²) in [7, 11) is 0. The van der Waals surface area contributed by atoms with Gasteiger partial charge >= 0.3 is 0 Å². The minimum absolute atomic E-state index is 0.706. The van der Waals surface area contributed by atoms with Crippen LogP contribution in [-0.2, 0) is 0 Å². The highest BCUT2D eigenvalue weighted by atomic mass is 15.4. The predicted molar refractivity (Wildman–Crippen MR) is 30.1 cm³/mol. The molecule has 2 atom stereocenters. The summed E-state index contributed by atoms with van der Waals surface area (Å²) >= 11 is 0. The van der Waals surface area contributed by atoms with Gasteiger partial charge in [0.25, 0.3) is 0 Å². The maximum atomic E-state index is 3.40. The Kier molecular flexibility index (Phi) is 0.997. The van der Waals surface area contributed by atoms with E-state index in [-0.39, 0.29) is 0 Å². The van der Waals surface area contributed by atoms with Crippen molar-refractivity contribution in [3.8, 4) is 0 Å². The molecule has 2 heterocycles. The van der Waals surface area contributed by atoms with Crippen LogP contribution in [0, 0.1) is 0 Å². The first-order chi connectivity index (χ1) is 3.97. The van der Waals surface area contributed by atoms with E-state index in [0.717, 1.165) is 0 Å². The lowest BCUT2D eigenvalue weighted by Gasteiger charge is -1.93. The highest BCUT2D eigenvalue weighted by molar-refractivity contribution is 4.75. The van der Waals surface area contributed by atoms with E-state index < -0.39 is 0 Å². The van der Waals surface area contributed by atoms with Crippen LogP contribution in [0.25, 0.3) is 0 Å². The third kappa shape index (κ3) is 0.727. The second kappa shape index (κ2) is 1.69. The van der Waals surface area contributed by atoms with Crippen molar-refractivity contribution in [2.75, 3.05) is 13.1 Å². The van der Waals surface area contributed by atoms with Crippen LogP contribution in [0.3, 0.4) is 0 Å². The van der Waals surface area contributed by atoms with Gasteiger partial charge in [0.05, 0.1) is 0 Å². The van der Waals surface area contributed by atoms with Crippen LogP contribution in [0.2, 0.25) is 0 Å². The third-order valence-electron chi connectivity index (χ3n) is 1.77. The van der Waals surface area contributed by atoms with Crippen molar-refractivity contribution in [1.29, 1.82) is 0 Å². The molecule has 2 fully saturated rings. The molecule has 0 aliphatic carbocycles. The molecule has 0 amide bonds. The monoisotopic (exact) mass is 114 g/mol. The molecule has 2 saturated heterocycles. The van der Waals surface area contributed by atoms with Gasteiger partial charge in [-0.1, -0.05) is 0 Å². The van der Waals surface area contributed by atoms with Crippen LogP contribution in [0.5, 0.6) is 0 Å². The molecule has 3 nitrogen and oxygen atoms in total. The van der Waals surface area contributed by atoms with Gasteiger partial charge in [0.2, 0.25) is 12.3 Å². The molecule has 0 saturated carbocycles. The molecule has 0 aromatic carbocycles. The zero-order valence-corrected chi connectivity index (χ0v) is 4.85. The minimum Gasteiger partial charge on any atom is -0.304 e. The van der Waals surface area contributed by atoms with Crippen LogP contribution < -0.4 is 16.0 Å². The van der Waals surface area contributed by atoms with E-state index in [4.69, 9.17) is 0 Å². The number of nitrogens with one attached hydrogen (secondary N) is 2. The van der Waals surface area contributed by atoms with Crippen molar-refractivity contribution in [1.82, 2.24) is 10.6 Å². The average molecular weight is 114 g/mol. The van der Waals surface area contributed by atoms with Gasteiger partial charge in [0.1, 0.15) is 0 Å². The Bertz CT molecular complexity index is 83.7. The fourth-order valence-electron chi connectivity index (χ4n) is 1.18. The summed E-state index contributed by atoms with van der Waals surface area (Å²) in [6.07, 6.45) is 2.69. The molecule has 2 aliphatic rings. The number of hydrogen-bond donors (Lipinski definition) is 3.